The smallest absolute Gasteiger partial charge is 0.105 e. The van der Waals surface area contributed by atoms with Crippen molar-refractivity contribution in [3.8, 4) is 0 Å². The summed E-state index contributed by atoms with van der Waals surface area (Å²) in [5.74, 6) is 0.578. The lowest BCUT2D eigenvalue weighted by Crippen LogP contribution is -2.27. The van der Waals surface area contributed by atoms with Crippen molar-refractivity contribution in [1.82, 2.24) is 5.32 Å². The molecule has 0 aliphatic carbocycles. The van der Waals surface area contributed by atoms with Crippen molar-refractivity contribution in [3.05, 3.63) is 34.9 Å². The van der Waals surface area contributed by atoms with Crippen molar-refractivity contribution < 1.29 is 10.2 Å². The average molecular weight is 253 g/mol. The van der Waals surface area contributed by atoms with E-state index in [4.69, 9.17) is 0 Å². The molecule has 17 heavy (non-hydrogen) atoms. The van der Waals surface area contributed by atoms with Gasteiger partial charge in [0.1, 0.15) is 6.10 Å². The molecule has 3 nitrogen and oxygen atoms in total. The topological polar surface area (TPSA) is 52.5 Å². The van der Waals surface area contributed by atoms with E-state index in [1.54, 1.807) is 0 Å². The molecule has 1 aliphatic heterocycles. The Hall–Kier alpha value is -0.550. The van der Waals surface area contributed by atoms with Crippen LogP contribution in [0.3, 0.4) is 0 Å². The number of aliphatic hydroxyl groups excluding tert-OH is 2. The minimum Gasteiger partial charge on any atom is -0.390 e. The van der Waals surface area contributed by atoms with Crippen LogP contribution in [0.25, 0.3) is 0 Å². The first-order valence-electron chi connectivity index (χ1n) is 6.02. The van der Waals surface area contributed by atoms with E-state index in [0.29, 0.717) is 12.2 Å². The molecule has 0 saturated carbocycles. The van der Waals surface area contributed by atoms with Crippen molar-refractivity contribution in [2.24, 2.45) is 0 Å². The van der Waals surface area contributed by atoms with Crippen LogP contribution in [-0.2, 0) is 13.0 Å². The van der Waals surface area contributed by atoms with Crippen LogP contribution in [0.1, 0.15) is 29.2 Å². The molecule has 0 spiro atoms. The molecule has 4 heteroatoms. The summed E-state index contributed by atoms with van der Waals surface area (Å²) in [6, 6.07) is 5.93. The Morgan fingerprint density at radius 1 is 1.35 bits per heavy atom. The molecule has 0 radical (unpaired) electrons. The summed E-state index contributed by atoms with van der Waals surface area (Å²) < 4.78 is 0. The van der Waals surface area contributed by atoms with Crippen molar-refractivity contribution >= 4 is 12.6 Å². The Morgan fingerprint density at radius 3 is 2.94 bits per heavy atom. The van der Waals surface area contributed by atoms with Gasteiger partial charge in [0, 0.05) is 6.54 Å². The summed E-state index contributed by atoms with van der Waals surface area (Å²) >= 11 is 4.08. The second kappa shape index (κ2) is 5.87. The van der Waals surface area contributed by atoms with Crippen LogP contribution >= 0.6 is 12.6 Å². The fourth-order valence-corrected chi connectivity index (χ4v) is 2.60. The molecule has 1 aromatic carbocycles. The maximum atomic E-state index is 10.2. The summed E-state index contributed by atoms with van der Waals surface area (Å²) in [7, 11) is 0. The van der Waals surface area contributed by atoms with Gasteiger partial charge in [-0.15, -0.1) is 0 Å². The maximum Gasteiger partial charge on any atom is 0.105 e. The molecule has 2 rings (SSSR count). The molecule has 1 heterocycles. The minimum absolute atomic E-state index is 0.506. The van der Waals surface area contributed by atoms with Gasteiger partial charge in [-0.05, 0) is 41.8 Å². The highest BCUT2D eigenvalue weighted by molar-refractivity contribution is 7.80. The van der Waals surface area contributed by atoms with Gasteiger partial charge in [0.15, 0.2) is 0 Å². The summed E-state index contributed by atoms with van der Waals surface area (Å²) in [6.07, 6.45) is -0.105. The Labute approximate surface area is 107 Å². The van der Waals surface area contributed by atoms with Crippen molar-refractivity contribution in [1.29, 1.82) is 0 Å². The molecule has 2 atom stereocenters. The number of rotatable bonds is 4. The maximum absolute atomic E-state index is 10.2. The molecule has 0 saturated heterocycles. The second-order valence-corrected chi connectivity index (χ2v) is 4.88. The lowest BCUT2D eigenvalue weighted by molar-refractivity contribution is 0.0166. The number of hydrogen-bond donors (Lipinski definition) is 4. The predicted octanol–water partition coefficient (Wildman–Crippen LogP) is 1.05. The number of fused-ring (bicyclic) bond motifs is 1. The van der Waals surface area contributed by atoms with E-state index in [2.05, 4.69) is 24.0 Å². The fraction of sp³-hybridized carbons (Fsp3) is 0.538. The van der Waals surface area contributed by atoms with Crippen LogP contribution in [0.15, 0.2) is 18.2 Å². The number of nitrogens with one attached hydrogen (secondary N) is 1. The second-order valence-electron chi connectivity index (χ2n) is 4.44. The van der Waals surface area contributed by atoms with E-state index in [9.17, 15) is 10.2 Å². The molecular formula is C13H19NO2S. The first-order chi connectivity index (χ1) is 8.24. The molecule has 94 valence electrons. The lowest BCUT2D eigenvalue weighted by atomic mass is 9.90. The van der Waals surface area contributed by atoms with Gasteiger partial charge in [0.05, 0.1) is 6.10 Å². The van der Waals surface area contributed by atoms with Gasteiger partial charge in [-0.3, -0.25) is 0 Å². The largest absolute Gasteiger partial charge is 0.390 e. The van der Waals surface area contributed by atoms with E-state index in [1.807, 2.05) is 12.1 Å². The Kier molecular flexibility index (Phi) is 4.45. The van der Waals surface area contributed by atoms with Gasteiger partial charge < -0.3 is 15.5 Å². The normalized spacial score (nSPS) is 18.5. The summed E-state index contributed by atoms with van der Waals surface area (Å²) in [4.78, 5) is 0. The standard InChI is InChI=1S/C13H19NO2S/c15-12(5-7-17)13(16)11-3-1-2-9-8-14-6-4-10(9)11/h1-3,12-17H,4-8H2. The molecule has 0 fully saturated rings. The van der Waals surface area contributed by atoms with E-state index < -0.39 is 12.2 Å². The first kappa shape index (κ1) is 12.9. The van der Waals surface area contributed by atoms with Crippen molar-refractivity contribution in [3.63, 3.8) is 0 Å². The third kappa shape index (κ3) is 2.83. The average Bonchev–Trinajstić information content (AvgIpc) is 2.37. The molecule has 1 aliphatic rings. The van der Waals surface area contributed by atoms with E-state index >= 15 is 0 Å². The predicted molar refractivity (Wildman–Crippen MR) is 71.3 cm³/mol. The summed E-state index contributed by atoms with van der Waals surface area (Å²) in [5, 5.41) is 23.3. The van der Waals surface area contributed by atoms with E-state index in [1.165, 1.54) is 11.1 Å². The van der Waals surface area contributed by atoms with Crippen LogP contribution in [0.2, 0.25) is 0 Å². The zero-order valence-corrected chi connectivity index (χ0v) is 10.7. The number of hydrogen-bond acceptors (Lipinski definition) is 4. The van der Waals surface area contributed by atoms with Crippen LogP contribution in [0.4, 0.5) is 0 Å². The zero-order valence-electron chi connectivity index (χ0n) is 9.76. The number of aliphatic hydroxyl groups is 2. The van der Waals surface area contributed by atoms with Gasteiger partial charge in [-0.25, -0.2) is 0 Å². The van der Waals surface area contributed by atoms with Crippen LogP contribution in [0, 0.1) is 0 Å². The van der Waals surface area contributed by atoms with Gasteiger partial charge in [0.2, 0.25) is 0 Å². The Morgan fingerprint density at radius 2 is 2.18 bits per heavy atom. The Bertz CT molecular complexity index is 384. The SMILES string of the molecule is OC(CCS)C(O)c1cccc2c1CCNC2. The molecule has 0 aromatic heterocycles. The molecule has 0 bridgehead atoms. The molecular weight excluding hydrogens is 234 g/mol. The third-order valence-electron chi connectivity index (χ3n) is 3.28. The molecule has 0 amide bonds. The quantitative estimate of drug-likeness (QED) is 0.607. The number of benzene rings is 1. The monoisotopic (exact) mass is 253 g/mol. The van der Waals surface area contributed by atoms with Gasteiger partial charge in [-0.2, -0.15) is 12.6 Å². The highest BCUT2D eigenvalue weighted by Crippen LogP contribution is 2.27. The van der Waals surface area contributed by atoms with Crippen LogP contribution in [0.5, 0.6) is 0 Å². The molecule has 2 unspecified atom stereocenters. The van der Waals surface area contributed by atoms with E-state index in [0.717, 1.165) is 25.1 Å². The highest BCUT2D eigenvalue weighted by atomic mass is 32.1. The fourth-order valence-electron chi connectivity index (χ4n) is 2.34. The summed E-state index contributed by atoms with van der Waals surface area (Å²) in [5.41, 5.74) is 3.29. The summed E-state index contributed by atoms with van der Waals surface area (Å²) in [6.45, 7) is 1.78. The van der Waals surface area contributed by atoms with Crippen molar-refractivity contribution in [2.75, 3.05) is 12.3 Å². The number of thiol groups is 1. The van der Waals surface area contributed by atoms with Crippen LogP contribution in [-0.4, -0.2) is 28.6 Å². The minimum atomic E-state index is -0.796. The highest BCUT2D eigenvalue weighted by Gasteiger charge is 2.22. The zero-order chi connectivity index (χ0) is 12.3. The third-order valence-corrected chi connectivity index (χ3v) is 3.54. The lowest BCUT2D eigenvalue weighted by Gasteiger charge is -2.25. The van der Waals surface area contributed by atoms with Gasteiger partial charge in [-0.1, -0.05) is 18.2 Å². The first-order valence-corrected chi connectivity index (χ1v) is 6.65. The van der Waals surface area contributed by atoms with Crippen LogP contribution < -0.4 is 5.32 Å². The van der Waals surface area contributed by atoms with Gasteiger partial charge >= 0.3 is 0 Å². The Balaban J connectivity index is 2.25. The molecule has 3 N–H and O–H groups in total. The van der Waals surface area contributed by atoms with Crippen molar-refractivity contribution in [2.45, 2.75) is 31.6 Å². The molecule has 1 aromatic rings. The van der Waals surface area contributed by atoms with E-state index in [-0.39, 0.29) is 0 Å². The van der Waals surface area contributed by atoms with Gasteiger partial charge in [0.25, 0.3) is 0 Å².